The van der Waals surface area contributed by atoms with Crippen LogP contribution in [0.5, 0.6) is 5.75 Å². The van der Waals surface area contributed by atoms with E-state index in [-0.39, 0.29) is 52.7 Å². The fraction of sp³-hybridized carbons (Fsp3) is 0.269. The van der Waals surface area contributed by atoms with Gasteiger partial charge in [-0.1, -0.05) is 36.7 Å². The van der Waals surface area contributed by atoms with Gasteiger partial charge in [-0.2, -0.15) is 5.26 Å². The molecule has 1 aliphatic heterocycles. The summed E-state index contributed by atoms with van der Waals surface area (Å²) >= 11 is 6.43. The number of nitriles is 1. The molecule has 8 nitrogen and oxygen atoms in total. The van der Waals surface area contributed by atoms with Crippen LogP contribution in [0.25, 0.3) is 0 Å². The van der Waals surface area contributed by atoms with Gasteiger partial charge in [-0.15, -0.1) is 0 Å². The lowest BCUT2D eigenvalue weighted by molar-refractivity contribution is -0.139. The first-order valence-electron chi connectivity index (χ1n) is 11.1. The van der Waals surface area contributed by atoms with Crippen molar-refractivity contribution in [1.82, 2.24) is 0 Å². The second-order valence-electron chi connectivity index (χ2n) is 7.69. The highest BCUT2D eigenvalue weighted by molar-refractivity contribution is 6.32. The van der Waals surface area contributed by atoms with Gasteiger partial charge >= 0.3 is 5.97 Å². The van der Waals surface area contributed by atoms with Crippen molar-refractivity contribution in [2.24, 2.45) is 5.73 Å². The van der Waals surface area contributed by atoms with Crippen molar-refractivity contribution in [3.8, 4) is 11.8 Å². The maximum atomic E-state index is 12.6. The summed E-state index contributed by atoms with van der Waals surface area (Å²) in [6.07, 6.45) is 0.911. The number of nitrogens with one attached hydrogen (secondary N) is 1. The first-order chi connectivity index (χ1) is 16.8. The average molecular weight is 496 g/mol. The van der Waals surface area contributed by atoms with E-state index in [2.05, 4.69) is 12.2 Å². The van der Waals surface area contributed by atoms with E-state index in [9.17, 15) is 14.9 Å². The number of hydrogen-bond acceptors (Lipinski definition) is 7. The van der Waals surface area contributed by atoms with Crippen LogP contribution in [-0.2, 0) is 25.5 Å². The molecule has 1 amide bonds. The lowest BCUT2D eigenvalue weighted by atomic mass is 9.83. The molecule has 0 fully saturated rings. The lowest BCUT2D eigenvalue weighted by Gasteiger charge is -2.27. The summed E-state index contributed by atoms with van der Waals surface area (Å²) in [5.41, 5.74) is 8.50. The van der Waals surface area contributed by atoms with Crippen molar-refractivity contribution in [2.45, 2.75) is 33.1 Å². The molecule has 0 aliphatic carbocycles. The Kier molecular flexibility index (Phi) is 8.39. The van der Waals surface area contributed by atoms with Crippen molar-refractivity contribution in [1.29, 1.82) is 5.26 Å². The van der Waals surface area contributed by atoms with Crippen LogP contribution in [-0.4, -0.2) is 25.1 Å². The van der Waals surface area contributed by atoms with E-state index in [1.807, 2.05) is 30.3 Å². The smallest absolute Gasteiger partial charge is 0.338 e. The highest BCUT2D eigenvalue weighted by Crippen LogP contribution is 2.41. The van der Waals surface area contributed by atoms with E-state index in [4.69, 9.17) is 31.5 Å². The third kappa shape index (κ3) is 5.94. The van der Waals surface area contributed by atoms with E-state index < -0.39 is 11.9 Å². The summed E-state index contributed by atoms with van der Waals surface area (Å²) in [5.74, 6) is -1.37. The van der Waals surface area contributed by atoms with E-state index in [1.165, 1.54) is 5.56 Å². The minimum atomic E-state index is -0.825. The van der Waals surface area contributed by atoms with Gasteiger partial charge < -0.3 is 25.3 Å². The number of amides is 1. The number of ether oxygens (including phenoxy) is 3. The summed E-state index contributed by atoms with van der Waals surface area (Å²) in [6.45, 7) is 5.21. The molecule has 1 heterocycles. The number of rotatable bonds is 8. The molecule has 35 heavy (non-hydrogen) atoms. The summed E-state index contributed by atoms with van der Waals surface area (Å²) in [6, 6.07) is 14.3. The average Bonchev–Trinajstić information content (AvgIpc) is 2.83. The third-order valence-corrected chi connectivity index (χ3v) is 5.69. The Morgan fingerprint density at radius 2 is 1.91 bits per heavy atom. The van der Waals surface area contributed by atoms with Crippen molar-refractivity contribution in [3.63, 3.8) is 0 Å². The molecule has 1 atom stereocenters. The largest absolute Gasteiger partial charge is 0.482 e. The molecule has 0 saturated heterocycles. The van der Waals surface area contributed by atoms with Crippen LogP contribution >= 0.6 is 11.6 Å². The maximum absolute atomic E-state index is 12.6. The number of hydrogen-bond donors (Lipinski definition) is 2. The van der Waals surface area contributed by atoms with Crippen LogP contribution in [0.15, 0.2) is 65.3 Å². The number of nitrogens with zero attached hydrogens (tertiary/aromatic N) is 1. The molecule has 1 unspecified atom stereocenters. The van der Waals surface area contributed by atoms with Crippen LogP contribution in [0, 0.1) is 11.3 Å². The minimum absolute atomic E-state index is 0.0665. The van der Waals surface area contributed by atoms with Gasteiger partial charge in [0.15, 0.2) is 6.61 Å². The fourth-order valence-corrected chi connectivity index (χ4v) is 3.91. The second kappa shape index (κ2) is 11.4. The Balaban J connectivity index is 1.78. The van der Waals surface area contributed by atoms with Gasteiger partial charge in [0.2, 0.25) is 5.88 Å². The molecule has 0 saturated carbocycles. The van der Waals surface area contributed by atoms with Gasteiger partial charge in [-0.3, -0.25) is 4.79 Å². The Bertz CT molecular complexity index is 1230. The summed E-state index contributed by atoms with van der Waals surface area (Å²) in [7, 11) is 0. The maximum Gasteiger partial charge on any atom is 0.338 e. The molecule has 3 rings (SSSR count). The quantitative estimate of drug-likeness (QED) is 0.514. The molecule has 0 aromatic heterocycles. The van der Waals surface area contributed by atoms with E-state index in [1.54, 1.807) is 32.0 Å². The fourth-order valence-electron chi connectivity index (χ4n) is 3.67. The number of benzene rings is 2. The predicted octanol–water partition coefficient (Wildman–Crippen LogP) is 4.56. The van der Waals surface area contributed by atoms with Gasteiger partial charge in [0.1, 0.15) is 23.2 Å². The minimum Gasteiger partial charge on any atom is -0.482 e. The molecule has 182 valence electrons. The van der Waals surface area contributed by atoms with Crippen LogP contribution in [0.3, 0.4) is 0 Å². The zero-order valence-corrected chi connectivity index (χ0v) is 20.4. The lowest BCUT2D eigenvalue weighted by Crippen LogP contribution is -2.25. The summed E-state index contributed by atoms with van der Waals surface area (Å²) in [5, 5.41) is 12.6. The molecule has 0 spiro atoms. The van der Waals surface area contributed by atoms with Gasteiger partial charge in [0.25, 0.3) is 5.91 Å². The zero-order chi connectivity index (χ0) is 25.5. The first-order valence-corrected chi connectivity index (χ1v) is 11.4. The van der Waals surface area contributed by atoms with Crippen LogP contribution < -0.4 is 15.8 Å². The SMILES string of the molecule is CCOC(=O)C1=C(C)OC(N)=C(C#N)C1c1ccc(OCC(=O)Nc2ccc(CC)cc2)c(Cl)c1. The number of carbonyl (C=O) groups excluding carboxylic acids is 2. The monoisotopic (exact) mass is 495 g/mol. The zero-order valence-electron chi connectivity index (χ0n) is 19.7. The highest BCUT2D eigenvalue weighted by Gasteiger charge is 2.36. The number of nitrogens with two attached hydrogens (primary N) is 1. The Hall–Kier alpha value is -3.96. The molecule has 2 aromatic carbocycles. The molecule has 0 bridgehead atoms. The third-order valence-electron chi connectivity index (χ3n) is 5.39. The molecule has 9 heteroatoms. The molecule has 1 aliphatic rings. The topological polar surface area (TPSA) is 124 Å². The van der Waals surface area contributed by atoms with E-state index >= 15 is 0 Å². The number of halogens is 1. The number of esters is 1. The number of carbonyl (C=O) groups is 2. The number of aryl methyl sites for hydroxylation is 1. The van der Waals surface area contributed by atoms with Gasteiger partial charge in [-0.25, -0.2) is 4.79 Å². The first kappa shape index (κ1) is 25.7. The molecule has 2 aromatic rings. The Morgan fingerprint density at radius 1 is 1.20 bits per heavy atom. The number of allylic oxidation sites excluding steroid dienone is 2. The Morgan fingerprint density at radius 3 is 2.51 bits per heavy atom. The van der Waals surface area contributed by atoms with Crippen LogP contribution in [0.4, 0.5) is 5.69 Å². The second-order valence-corrected chi connectivity index (χ2v) is 8.10. The summed E-state index contributed by atoms with van der Waals surface area (Å²) < 4.78 is 16.2. The van der Waals surface area contributed by atoms with Crippen molar-refractivity contribution in [3.05, 3.63) is 81.4 Å². The standard InChI is InChI=1S/C26H26ClN3O5/c1-4-16-6-9-18(10-7-16)30-22(31)14-34-21-11-8-17(12-20(21)27)24-19(13-28)25(29)35-15(3)23(24)26(32)33-5-2/h6-12,24H,4-5,14,29H2,1-3H3,(H,30,31). The normalized spacial score (nSPS) is 15.2. The predicted molar refractivity (Wildman–Crippen MR) is 131 cm³/mol. The van der Waals surface area contributed by atoms with Crippen molar-refractivity contribution >= 4 is 29.2 Å². The van der Waals surface area contributed by atoms with Gasteiger partial charge in [0.05, 0.1) is 23.1 Å². The molecule has 0 radical (unpaired) electrons. The molecular formula is C26H26ClN3O5. The highest BCUT2D eigenvalue weighted by atomic mass is 35.5. The summed E-state index contributed by atoms with van der Waals surface area (Å²) in [4.78, 5) is 24.9. The van der Waals surface area contributed by atoms with E-state index in [0.717, 1.165) is 6.42 Å². The Labute approximate surface area is 208 Å². The van der Waals surface area contributed by atoms with Crippen molar-refractivity contribution < 1.29 is 23.8 Å². The van der Waals surface area contributed by atoms with Gasteiger partial charge in [0, 0.05) is 5.69 Å². The number of anilines is 1. The van der Waals surface area contributed by atoms with Crippen LogP contribution in [0.1, 0.15) is 37.8 Å². The molecule has 3 N–H and O–H groups in total. The van der Waals surface area contributed by atoms with E-state index in [0.29, 0.717) is 11.3 Å². The van der Waals surface area contributed by atoms with Crippen LogP contribution in [0.2, 0.25) is 5.02 Å². The van der Waals surface area contributed by atoms with Gasteiger partial charge in [-0.05, 0) is 55.7 Å². The van der Waals surface area contributed by atoms with Crippen molar-refractivity contribution in [2.75, 3.05) is 18.5 Å². The molecular weight excluding hydrogens is 470 g/mol.